The molecule has 1 aromatic heterocycles. The van der Waals surface area contributed by atoms with Crippen molar-refractivity contribution in [3.05, 3.63) is 58.4 Å². The highest BCUT2D eigenvalue weighted by Gasteiger charge is 2.08. The molecule has 0 radical (unpaired) electrons. The van der Waals surface area contributed by atoms with E-state index in [1.165, 1.54) is 0 Å². The Bertz CT molecular complexity index is 982. The lowest BCUT2D eigenvalue weighted by Crippen LogP contribution is -2.16. The van der Waals surface area contributed by atoms with Crippen LogP contribution in [0.5, 0.6) is 17.2 Å². The fourth-order valence-electron chi connectivity index (χ4n) is 2.85. The summed E-state index contributed by atoms with van der Waals surface area (Å²) in [4.78, 5) is 15.3. The summed E-state index contributed by atoms with van der Waals surface area (Å²) in [5.74, 6) is 2.16. The van der Waals surface area contributed by atoms with Crippen molar-refractivity contribution in [1.82, 2.24) is 4.98 Å². The highest BCUT2D eigenvalue weighted by molar-refractivity contribution is 5.80. The van der Waals surface area contributed by atoms with Crippen LogP contribution in [-0.4, -0.2) is 25.3 Å². The first-order valence-electron chi connectivity index (χ1n) is 8.98. The van der Waals surface area contributed by atoms with Crippen LogP contribution < -0.4 is 25.1 Å². The van der Waals surface area contributed by atoms with Gasteiger partial charge < -0.3 is 24.5 Å². The zero-order valence-electron chi connectivity index (χ0n) is 15.8. The second kappa shape index (κ2) is 8.49. The van der Waals surface area contributed by atoms with Gasteiger partial charge in [-0.3, -0.25) is 4.79 Å². The second-order valence-corrected chi connectivity index (χ2v) is 5.95. The Hall–Kier alpha value is -3.15. The lowest BCUT2D eigenvalue weighted by atomic mass is 10.1. The van der Waals surface area contributed by atoms with Crippen molar-refractivity contribution in [2.24, 2.45) is 0 Å². The third kappa shape index (κ3) is 4.34. The summed E-state index contributed by atoms with van der Waals surface area (Å²) < 4.78 is 16.4. The van der Waals surface area contributed by atoms with Crippen LogP contribution in [0, 0.1) is 0 Å². The molecule has 6 heteroatoms. The van der Waals surface area contributed by atoms with Crippen molar-refractivity contribution in [1.29, 1.82) is 0 Å². The van der Waals surface area contributed by atoms with Crippen molar-refractivity contribution >= 4 is 16.6 Å². The maximum atomic E-state index is 12.4. The molecule has 2 aromatic carbocycles. The number of pyridine rings is 1. The number of methoxy groups -OCH3 is 1. The number of H-pyrrole nitrogens is 1. The summed E-state index contributed by atoms with van der Waals surface area (Å²) in [6.07, 6.45) is 0. The van der Waals surface area contributed by atoms with E-state index in [2.05, 4.69) is 10.3 Å². The molecule has 2 N–H and O–H groups in total. The van der Waals surface area contributed by atoms with Gasteiger partial charge in [0.15, 0.2) is 0 Å². The summed E-state index contributed by atoms with van der Waals surface area (Å²) >= 11 is 0. The van der Waals surface area contributed by atoms with Crippen molar-refractivity contribution in [2.45, 2.75) is 20.4 Å². The molecule has 0 atom stereocenters. The quantitative estimate of drug-likeness (QED) is 0.630. The van der Waals surface area contributed by atoms with Gasteiger partial charge in [0.05, 0.1) is 31.5 Å². The minimum absolute atomic E-state index is 0.132. The van der Waals surface area contributed by atoms with Crippen molar-refractivity contribution in [3.8, 4) is 17.2 Å². The Balaban J connectivity index is 1.83. The van der Waals surface area contributed by atoms with Crippen LogP contribution in [0.15, 0.2) is 47.3 Å². The number of aromatic amines is 1. The van der Waals surface area contributed by atoms with E-state index in [4.69, 9.17) is 14.2 Å². The Morgan fingerprint density at radius 2 is 1.74 bits per heavy atom. The molecular formula is C21H24N2O4. The lowest BCUT2D eigenvalue weighted by Gasteiger charge is -2.14. The molecule has 6 nitrogen and oxygen atoms in total. The molecule has 0 saturated heterocycles. The van der Waals surface area contributed by atoms with E-state index < -0.39 is 0 Å². The molecule has 0 aliphatic rings. The zero-order valence-corrected chi connectivity index (χ0v) is 15.8. The molecule has 142 valence electrons. The highest BCUT2D eigenvalue weighted by atomic mass is 16.5. The van der Waals surface area contributed by atoms with Gasteiger partial charge in [-0.2, -0.15) is 0 Å². The molecule has 0 amide bonds. The number of ether oxygens (including phenoxy) is 3. The molecule has 0 aliphatic carbocycles. The Morgan fingerprint density at radius 1 is 0.963 bits per heavy atom. The van der Waals surface area contributed by atoms with Gasteiger partial charge in [-0.15, -0.1) is 0 Å². The second-order valence-electron chi connectivity index (χ2n) is 5.95. The number of hydrogen-bond acceptors (Lipinski definition) is 5. The van der Waals surface area contributed by atoms with E-state index in [9.17, 15) is 4.79 Å². The van der Waals surface area contributed by atoms with Crippen molar-refractivity contribution in [3.63, 3.8) is 0 Å². The number of hydrogen-bond donors (Lipinski definition) is 2. The fourth-order valence-corrected chi connectivity index (χ4v) is 2.85. The first-order chi connectivity index (χ1) is 13.1. The number of benzene rings is 2. The first kappa shape index (κ1) is 18.6. The van der Waals surface area contributed by atoms with Gasteiger partial charge in [-0.05, 0) is 49.6 Å². The van der Waals surface area contributed by atoms with Gasteiger partial charge in [0.25, 0.3) is 5.56 Å². The predicted molar refractivity (Wildman–Crippen MR) is 107 cm³/mol. The van der Waals surface area contributed by atoms with E-state index in [0.717, 1.165) is 22.3 Å². The number of aromatic nitrogens is 1. The Kier molecular flexibility index (Phi) is 5.86. The lowest BCUT2D eigenvalue weighted by molar-refractivity contribution is 0.324. The van der Waals surface area contributed by atoms with E-state index in [1.54, 1.807) is 7.11 Å². The smallest absolute Gasteiger partial charge is 0.253 e. The summed E-state index contributed by atoms with van der Waals surface area (Å²) in [7, 11) is 1.60. The van der Waals surface area contributed by atoms with Crippen molar-refractivity contribution < 1.29 is 14.2 Å². The standard InChI is InChI=1S/C21H24N2O4/c1-4-26-17-8-9-18(20(12-17)27-5-2)22-13-15-10-14-6-7-16(25-3)11-19(14)23-21(15)24/h6-12,22H,4-5,13H2,1-3H3,(H,23,24). The van der Waals surface area contributed by atoms with Gasteiger partial charge in [-0.25, -0.2) is 0 Å². The van der Waals surface area contributed by atoms with Crippen LogP contribution >= 0.6 is 0 Å². The Morgan fingerprint density at radius 3 is 2.48 bits per heavy atom. The maximum absolute atomic E-state index is 12.4. The molecule has 27 heavy (non-hydrogen) atoms. The van der Waals surface area contributed by atoms with E-state index >= 15 is 0 Å². The Labute approximate surface area is 158 Å². The largest absolute Gasteiger partial charge is 0.497 e. The monoisotopic (exact) mass is 368 g/mol. The topological polar surface area (TPSA) is 72.6 Å². The number of anilines is 1. The van der Waals surface area contributed by atoms with Gasteiger partial charge in [0.1, 0.15) is 17.2 Å². The number of nitrogens with one attached hydrogen (secondary N) is 2. The third-order valence-electron chi connectivity index (χ3n) is 4.16. The molecule has 0 bridgehead atoms. The minimum atomic E-state index is -0.132. The van der Waals surface area contributed by atoms with Gasteiger partial charge in [0, 0.05) is 24.2 Å². The number of rotatable bonds is 8. The molecule has 0 unspecified atom stereocenters. The van der Waals surface area contributed by atoms with Crippen LogP contribution in [-0.2, 0) is 6.54 Å². The van der Waals surface area contributed by atoms with Crippen LogP contribution in [0.4, 0.5) is 5.69 Å². The summed E-state index contributed by atoms with van der Waals surface area (Å²) in [6, 6.07) is 13.1. The van der Waals surface area contributed by atoms with Crippen LogP contribution in [0.2, 0.25) is 0 Å². The molecule has 0 spiro atoms. The van der Waals surface area contributed by atoms with Gasteiger partial charge in [-0.1, -0.05) is 0 Å². The highest BCUT2D eigenvalue weighted by Crippen LogP contribution is 2.30. The SMILES string of the molecule is CCOc1ccc(NCc2cc3ccc(OC)cc3[nH]c2=O)c(OCC)c1. The molecule has 3 rings (SSSR count). The van der Waals surface area contributed by atoms with Crippen LogP contribution in [0.25, 0.3) is 10.9 Å². The summed E-state index contributed by atoms with van der Waals surface area (Å²) in [5, 5.41) is 4.23. The summed E-state index contributed by atoms with van der Waals surface area (Å²) in [5.41, 5.74) is 2.07. The average Bonchev–Trinajstić information content (AvgIpc) is 2.67. The molecule has 0 saturated carbocycles. The van der Waals surface area contributed by atoms with Crippen LogP contribution in [0.3, 0.4) is 0 Å². The number of fused-ring (bicyclic) bond motifs is 1. The van der Waals surface area contributed by atoms with E-state index in [1.807, 2.05) is 56.3 Å². The van der Waals surface area contributed by atoms with Crippen LogP contribution in [0.1, 0.15) is 19.4 Å². The van der Waals surface area contributed by atoms with Gasteiger partial charge in [0.2, 0.25) is 0 Å². The predicted octanol–water partition coefficient (Wildman–Crippen LogP) is 3.95. The van der Waals surface area contributed by atoms with E-state index in [-0.39, 0.29) is 5.56 Å². The third-order valence-corrected chi connectivity index (χ3v) is 4.16. The van der Waals surface area contributed by atoms with E-state index in [0.29, 0.717) is 36.8 Å². The maximum Gasteiger partial charge on any atom is 0.253 e. The summed E-state index contributed by atoms with van der Waals surface area (Å²) in [6.45, 7) is 5.39. The molecule has 0 aliphatic heterocycles. The fraction of sp³-hybridized carbons (Fsp3) is 0.286. The van der Waals surface area contributed by atoms with Crippen molar-refractivity contribution in [2.75, 3.05) is 25.6 Å². The molecular weight excluding hydrogens is 344 g/mol. The van der Waals surface area contributed by atoms with Gasteiger partial charge >= 0.3 is 0 Å². The molecule has 0 fully saturated rings. The first-order valence-corrected chi connectivity index (χ1v) is 8.98. The normalized spacial score (nSPS) is 10.6. The molecule has 1 heterocycles. The molecule has 3 aromatic rings. The zero-order chi connectivity index (χ0) is 19.2. The minimum Gasteiger partial charge on any atom is -0.497 e. The average molecular weight is 368 g/mol.